The third-order valence-electron chi connectivity index (χ3n) is 6.32. The van der Waals surface area contributed by atoms with E-state index in [0.29, 0.717) is 29.8 Å². The molecule has 1 aliphatic heterocycles. The van der Waals surface area contributed by atoms with Gasteiger partial charge in [-0.25, -0.2) is 5.48 Å². The Morgan fingerprint density at radius 2 is 1.62 bits per heavy atom. The molecule has 0 atom stereocenters. The van der Waals surface area contributed by atoms with E-state index in [0.717, 1.165) is 27.7 Å². The highest BCUT2D eigenvalue weighted by Crippen LogP contribution is 2.30. The molecule has 4 aromatic carbocycles. The minimum atomic E-state index is -0.600. The Hall–Kier alpha value is -4.75. The number of ketones is 1. The summed E-state index contributed by atoms with van der Waals surface area (Å²) >= 11 is 0. The van der Waals surface area contributed by atoms with Gasteiger partial charge in [-0.3, -0.25) is 19.6 Å². The second-order valence-corrected chi connectivity index (χ2v) is 8.68. The van der Waals surface area contributed by atoms with Gasteiger partial charge < -0.3 is 9.64 Å². The number of nitrogens with one attached hydrogen (secondary N) is 1. The number of hydrogen-bond donors (Lipinski definition) is 2. The SMILES string of the molecule is O=C(NO)c1ccc(/C=C(/CCOc2cccc3ccccc23)CN2C(=O)C(=O)c3ccccc32)cc1. The van der Waals surface area contributed by atoms with Crippen LogP contribution in [0.15, 0.2) is 96.6 Å². The standard InChI is InChI=1S/C30H24N2O5/c33-28-25-9-3-4-10-26(25)32(30(28)35)19-21(18-20-12-14-23(15-13-20)29(34)31-36)16-17-37-27-11-5-7-22-6-1-2-8-24(22)27/h1-15,18,36H,16-17,19H2,(H,31,34)/b21-18-. The number of para-hydroxylation sites is 1. The van der Waals surface area contributed by atoms with Crippen LogP contribution in [0.3, 0.4) is 0 Å². The normalized spacial score (nSPS) is 13.1. The Morgan fingerprint density at radius 3 is 2.43 bits per heavy atom. The summed E-state index contributed by atoms with van der Waals surface area (Å²) in [6, 6.07) is 27.6. The van der Waals surface area contributed by atoms with Crippen LogP contribution in [0.1, 0.15) is 32.7 Å². The van der Waals surface area contributed by atoms with Crippen molar-refractivity contribution in [1.29, 1.82) is 0 Å². The molecule has 0 saturated heterocycles. The smallest absolute Gasteiger partial charge is 0.299 e. The number of ether oxygens (including phenoxy) is 1. The molecule has 2 amide bonds. The summed E-state index contributed by atoms with van der Waals surface area (Å²) in [6.45, 7) is 0.585. The maximum Gasteiger partial charge on any atom is 0.299 e. The predicted molar refractivity (Wildman–Crippen MR) is 141 cm³/mol. The van der Waals surface area contributed by atoms with Crippen LogP contribution in [0.25, 0.3) is 16.8 Å². The Morgan fingerprint density at radius 1 is 0.892 bits per heavy atom. The lowest BCUT2D eigenvalue weighted by Crippen LogP contribution is -2.31. The molecule has 1 aliphatic rings. The van der Waals surface area contributed by atoms with Crippen LogP contribution in [0, 0.1) is 0 Å². The first-order chi connectivity index (χ1) is 18.0. The van der Waals surface area contributed by atoms with Crippen molar-refractivity contribution in [3.63, 3.8) is 0 Å². The van der Waals surface area contributed by atoms with Crippen LogP contribution >= 0.6 is 0 Å². The molecule has 7 nitrogen and oxygen atoms in total. The van der Waals surface area contributed by atoms with E-state index in [2.05, 4.69) is 0 Å². The minimum Gasteiger partial charge on any atom is -0.493 e. The molecule has 0 unspecified atom stereocenters. The molecule has 0 aromatic heterocycles. The van der Waals surface area contributed by atoms with Crippen molar-refractivity contribution in [2.24, 2.45) is 0 Å². The Kier molecular flexibility index (Phi) is 6.78. The highest BCUT2D eigenvalue weighted by Gasteiger charge is 2.35. The molecule has 5 rings (SSSR count). The van der Waals surface area contributed by atoms with E-state index in [1.165, 1.54) is 4.90 Å². The van der Waals surface area contributed by atoms with Gasteiger partial charge in [0.2, 0.25) is 0 Å². The Balaban J connectivity index is 1.40. The average molecular weight is 493 g/mol. The van der Waals surface area contributed by atoms with Crippen LogP contribution in [0.5, 0.6) is 5.75 Å². The van der Waals surface area contributed by atoms with E-state index >= 15 is 0 Å². The van der Waals surface area contributed by atoms with Crippen LogP contribution < -0.4 is 15.1 Å². The summed E-state index contributed by atoms with van der Waals surface area (Å²) in [4.78, 5) is 38.5. The van der Waals surface area contributed by atoms with Crippen molar-refractivity contribution in [2.45, 2.75) is 6.42 Å². The number of fused-ring (bicyclic) bond motifs is 2. The molecular formula is C30H24N2O5. The summed E-state index contributed by atoms with van der Waals surface area (Å²) in [6.07, 6.45) is 2.42. The fraction of sp³-hybridized carbons (Fsp3) is 0.100. The zero-order chi connectivity index (χ0) is 25.8. The van der Waals surface area contributed by atoms with Crippen LogP contribution in [-0.4, -0.2) is 36.0 Å². The summed E-state index contributed by atoms with van der Waals surface area (Å²) in [5.74, 6) is -0.898. The maximum absolute atomic E-state index is 12.8. The predicted octanol–water partition coefficient (Wildman–Crippen LogP) is 5.04. The number of anilines is 1. The van der Waals surface area contributed by atoms with E-state index in [4.69, 9.17) is 9.94 Å². The first-order valence-corrected chi connectivity index (χ1v) is 11.8. The molecule has 0 radical (unpaired) electrons. The average Bonchev–Trinajstić information content (AvgIpc) is 3.18. The lowest BCUT2D eigenvalue weighted by atomic mass is 10.1. The molecule has 0 fully saturated rings. The number of hydroxylamine groups is 1. The van der Waals surface area contributed by atoms with Gasteiger partial charge in [0.15, 0.2) is 0 Å². The van der Waals surface area contributed by atoms with Crippen molar-refractivity contribution in [3.8, 4) is 5.75 Å². The van der Waals surface area contributed by atoms with Gasteiger partial charge in [0.05, 0.1) is 17.9 Å². The van der Waals surface area contributed by atoms with Crippen molar-refractivity contribution < 1.29 is 24.3 Å². The molecule has 7 heteroatoms. The van der Waals surface area contributed by atoms with E-state index in [9.17, 15) is 14.4 Å². The summed E-state index contributed by atoms with van der Waals surface area (Å²) in [7, 11) is 0. The lowest BCUT2D eigenvalue weighted by molar-refractivity contribution is -0.114. The number of nitrogens with zero attached hydrogens (tertiary/aromatic N) is 1. The number of Topliss-reactive ketones (excluding diaryl/α,β-unsaturated/α-hetero) is 1. The van der Waals surface area contributed by atoms with Crippen LogP contribution in [0.2, 0.25) is 0 Å². The monoisotopic (exact) mass is 492 g/mol. The topological polar surface area (TPSA) is 95.9 Å². The number of benzene rings is 4. The van der Waals surface area contributed by atoms with Gasteiger partial charge in [-0.2, -0.15) is 0 Å². The number of amides is 2. The quantitative estimate of drug-likeness (QED) is 0.204. The van der Waals surface area contributed by atoms with Crippen molar-refractivity contribution >= 4 is 40.1 Å². The molecule has 184 valence electrons. The van der Waals surface area contributed by atoms with E-state index in [1.54, 1.807) is 54.0 Å². The third kappa shape index (κ3) is 4.98. The Bertz CT molecular complexity index is 1520. The van der Waals surface area contributed by atoms with Crippen molar-refractivity contribution in [3.05, 3.63) is 113 Å². The molecule has 2 N–H and O–H groups in total. The number of carbonyl (C=O) groups is 3. The van der Waals surface area contributed by atoms with Gasteiger partial charge in [0.25, 0.3) is 17.6 Å². The van der Waals surface area contributed by atoms with Crippen molar-refractivity contribution in [1.82, 2.24) is 5.48 Å². The summed E-state index contributed by atoms with van der Waals surface area (Å²) in [5.41, 5.74) is 4.60. The van der Waals surface area contributed by atoms with Gasteiger partial charge in [-0.05, 0) is 46.9 Å². The zero-order valence-corrected chi connectivity index (χ0v) is 19.9. The first kappa shape index (κ1) is 24.0. The van der Waals surface area contributed by atoms with Gasteiger partial charge in [0, 0.05) is 23.9 Å². The maximum atomic E-state index is 12.8. The largest absolute Gasteiger partial charge is 0.493 e. The van der Waals surface area contributed by atoms with Crippen LogP contribution in [0.4, 0.5) is 5.69 Å². The van der Waals surface area contributed by atoms with E-state index < -0.39 is 17.6 Å². The minimum absolute atomic E-state index is 0.222. The number of hydrogen-bond acceptors (Lipinski definition) is 5. The third-order valence-corrected chi connectivity index (χ3v) is 6.32. The molecule has 0 aliphatic carbocycles. The highest BCUT2D eigenvalue weighted by atomic mass is 16.5. The molecule has 4 aromatic rings. The summed E-state index contributed by atoms with van der Waals surface area (Å²) in [5, 5.41) is 11.0. The molecule has 0 spiro atoms. The molecule has 1 heterocycles. The molecule has 0 bridgehead atoms. The Labute approximate surface area is 213 Å². The van der Waals surface area contributed by atoms with Gasteiger partial charge >= 0.3 is 0 Å². The first-order valence-electron chi connectivity index (χ1n) is 11.8. The van der Waals surface area contributed by atoms with E-state index in [1.807, 2.05) is 48.5 Å². The molecule has 0 saturated carbocycles. The summed E-state index contributed by atoms with van der Waals surface area (Å²) < 4.78 is 6.14. The van der Waals surface area contributed by atoms with Crippen LogP contribution in [-0.2, 0) is 4.79 Å². The second kappa shape index (κ2) is 10.5. The fourth-order valence-corrected chi connectivity index (χ4v) is 4.45. The number of rotatable bonds is 8. The lowest BCUT2D eigenvalue weighted by Gasteiger charge is -2.19. The number of carbonyl (C=O) groups excluding carboxylic acids is 3. The second-order valence-electron chi connectivity index (χ2n) is 8.68. The molecule has 37 heavy (non-hydrogen) atoms. The van der Waals surface area contributed by atoms with Crippen molar-refractivity contribution in [2.75, 3.05) is 18.1 Å². The zero-order valence-electron chi connectivity index (χ0n) is 19.9. The molecular weight excluding hydrogens is 468 g/mol. The van der Waals surface area contributed by atoms with E-state index in [-0.39, 0.29) is 6.54 Å². The van der Waals surface area contributed by atoms with Gasteiger partial charge in [-0.15, -0.1) is 0 Å². The van der Waals surface area contributed by atoms with Gasteiger partial charge in [0.1, 0.15) is 5.75 Å². The van der Waals surface area contributed by atoms with Gasteiger partial charge in [-0.1, -0.05) is 66.7 Å². The highest BCUT2D eigenvalue weighted by molar-refractivity contribution is 6.52. The fourth-order valence-electron chi connectivity index (χ4n) is 4.45.